The second-order valence-electron chi connectivity index (χ2n) is 5.85. The van der Waals surface area contributed by atoms with E-state index < -0.39 is 0 Å². The van der Waals surface area contributed by atoms with Gasteiger partial charge in [0.1, 0.15) is 5.82 Å². The molecule has 0 bridgehead atoms. The van der Waals surface area contributed by atoms with E-state index >= 15 is 0 Å². The van der Waals surface area contributed by atoms with Crippen molar-refractivity contribution in [3.05, 3.63) is 72.0 Å². The van der Waals surface area contributed by atoms with Gasteiger partial charge < -0.3 is 9.73 Å². The summed E-state index contributed by atoms with van der Waals surface area (Å²) < 4.78 is 19.2. The molecule has 0 aliphatic carbocycles. The number of amides is 1. The maximum atomic E-state index is 13.5. The van der Waals surface area contributed by atoms with Gasteiger partial charge in [-0.2, -0.15) is 0 Å². The molecular formula is C20H19FN2O2. The molecule has 3 aromatic rings. The number of hydrogen-bond donors (Lipinski definition) is 1. The molecule has 1 amide bonds. The van der Waals surface area contributed by atoms with Gasteiger partial charge in [-0.3, -0.25) is 4.79 Å². The number of anilines is 1. The van der Waals surface area contributed by atoms with Crippen molar-refractivity contribution < 1.29 is 13.6 Å². The highest BCUT2D eigenvalue weighted by atomic mass is 19.1. The van der Waals surface area contributed by atoms with Crippen LogP contribution < -0.4 is 5.32 Å². The fourth-order valence-electron chi connectivity index (χ4n) is 2.46. The Kier molecular flexibility index (Phi) is 5.23. The molecule has 1 aromatic heterocycles. The van der Waals surface area contributed by atoms with Crippen LogP contribution in [0.1, 0.15) is 24.3 Å². The third kappa shape index (κ3) is 4.53. The van der Waals surface area contributed by atoms with Crippen molar-refractivity contribution in [2.45, 2.75) is 26.2 Å². The summed E-state index contributed by atoms with van der Waals surface area (Å²) in [7, 11) is 0. The fourth-order valence-corrected chi connectivity index (χ4v) is 2.46. The van der Waals surface area contributed by atoms with Crippen LogP contribution in [0.15, 0.2) is 59.1 Å². The molecule has 0 aliphatic heterocycles. The molecule has 3 rings (SSSR count). The number of carbonyl (C=O) groups excluding carboxylic acids is 1. The molecule has 0 aliphatic rings. The highest BCUT2D eigenvalue weighted by Gasteiger charge is 2.08. The minimum Gasteiger partial charge on any atom is -0.441 e. The lowest BCUT2D eigenvalue weighted by molar-refractivity contribution is -0.116. The van der Waals surface area contributed by atoms with Gasteiger partial charge in [-0.1, -0.05) is 36.4 Å². The van der Waals surface area contributed by atoms with Crippen molar-refractivity contribution in [3.8, 4) is 11.3 Å². The van der Waals surface area contributed by atoms with Gasteiger partial charge in [0.05, 0.1) is 6.20 Å². The predicted octanol–water partition coefficient (Wildman–Crippen LogP) is 4.75. The summed E-state index contributed by atoms with van der Waals surface area (Å²) in [5, 5.41) is 2.70. The van der Waals surface area contributed by atoms with E-state index in [-0.39, 0.29) is 11.7 Å². The number of aryl methyl sites for hydroxylation is 2. The molecule has 1 N–H and O–H groups in total. The third-order valence-corrected chi connectivity index (χ3v) is 3.86. The van der Waals surface area contributed by atoms with Gasteiger partial charge >= 0.3 is 0 Å². The SMILES string of the molecule is Cc1ccc(NC(=O)CCCc2ncc(-c3ccccc3)o2)cc1F. The van der Waals surface area contributed by atoms with Crippen molar-refractivity contribution >= 4 is 11.6 Å². The first-order valence-corrected chi connectivity index (χ1v) is 8.18. The Morgan fingerprint density at radius 3 is 2.76 bits per heavy atom. The van der Waals surface area contributed by atoms with Gasteiger partial charge in [0, 0.05) is 24.1 Å². The largest absolute Gasteiger partial charge is 0.441 e. The van der Waals surface area contributed by atoms with Gasteiger partial charge in [0.25, 0.3) is 0 Å². The maximum Gasteiger partial charge on any atom is 0.224 e. The van der Waals surface area contributed by atoms with Crippen LogP contribution in [0.4, 0.5) is 10.1 Å². The van der Waals surface area contributed by atoms with E-state index in [2.05, 4.69) is 10.3 Å². The van der Waals surface area contributed by atoms with E-state index in [0.717, 1.165) is 11.3 Å². The topological polar surface area (TPSA) is 55.1 Å². The van der Waals surface area contributed by atoms with Crippen molar-refractivity contribution in [1.82, 2.24) is 4.98 Å². The van der Waals surface area contributed by atoms with Crippen molar-refractivity contribution in [1.29, 1.82) is 0 Å². The van der Waals surface area contributed by atoms with E-state index in [4.69, 9.17) is 4.42 Å². The van der Waals surface area contributed by atoms with E-state index in [1.807, 2.05) is 30.3 Å². The standard InChI is InChI=1S/C20H19FN2O2/c1-14-10-11-16(12-17(14)21)23-19(24)8-5-9-20-22-13-18(25-20)15-6-3-2-4-7-15/h2-4,6-7,10-13H,5,8-9H2,1H3,(H,23,24). The molecule has 0 unspecified atom stereocenters. The normalized spacial score (nSPS) is 10.6. The second kappa shape index (κ2) is 7.75. The Balaban J connectivity index is 1.48. The number of carbonyl (C=O) groups is 1. The zero-order valence-electron chi connectivity index (χ0n) is 14.0. The monoisotopic (exact) mass is 338 g/mol. The Bertz CT molecular complexity index is 859. The van der Waals surface area contributed by atoms with E-state index in [1.165, 1.54) is 6.07 Å². The van der Waals surface area contributed by atoms with Crippen molar-refractivity contribution in [2.75, 3.05) is 5.32 Å². The van der Waals surface area contributed by atoms with E-state index in [0.29, 0.717) is 36.4 Å². The van der Waals surface area contributed by atoms with E-state index in [1.54, 1.807) is 25.3 Å². The molecule has 128 valence electrons. The highest BCUT2D eigenvalue weighted by molar-refractivity contribution is 5.90. The first-order valence-electron chi connectivity index (χ1n) is 8.18. The lowest BCUT2D eigenvalue weighted by Crippen LogP contribution is -2.11. The molecular weight excluding hydrogens is 319 g/mol. The van der Waals surface area contributed by atoms with Crippen LogP contribution in [-0.4, -0.2) is 10.9 Å². The van der Waals surface area contributed by atoms with Crippen LogP contribution in [0.25, 0.3) is 11.3 Å². The van der Waals surface area contributed by atoms with Gasteiger partial charge in [0.15, 0.2) is 11.7 Å². The molecule has 4 nitrogen and oxygen atoms in total. The Morgan fingerprint density at radius 2 is 2.00 bits per heavy atom. The molecule has 0 fully saturated rings. The number of rotatable bonds is 6. The minimum atomic E-state index is -0.328. The fraction of sp³-hybridized carbons (Fsp3) is 0.200. The summed E-state index contributed by atoms with van der Waals surface area (Å²) in [4.78, 5) is 16.2. The second-order valence-corrected chi connectivity index (χ2v) is 5.85. The van der Waals surface area contributed by atoms with Crippen LogP contribution in [0.2, 0.25) is 0 Å². The van der Waals surface area contributed by atoms with Gasteiger partial charge in [0.2, 0.25) is 5.91 Å². The zero-order chi connectivity index (χ0) is 17.6. The minimum absolute atomic E-state index is 0.155. The van der Waals surface area contributed by atoms with Crippen molar-refractivity contribution in [3.63, 3.8) is 0 Å². The molecule has 0 radical (unpaired) electrons. The van der Waals surface area contributed by atoms with Crippen molar-refractivity contribution in [2.24, 2.45) is 0 Å². The molecule has 1 heterocycles. The summed E-state index contributed by atoms with van der Waals surface area (Å²) in [5.74, 6) is 0.840. The molecule has 0 atom stereocenters. The quantitative estimate of drug-likeness (QED) is 0.705. The average molecular weight is 338 g/mol. The molecule has 2 aromatic carbocycles. The molecule has 0 saturated carbocycles. The molecule has 0 saturated heterocycles. The van der Waals surface area contributed by atoms with Crippen LogP contribution in [0, 0.1) is 12.7 Å². The van der Waals surface area contributed by atoms with Crippen LogP contribution in [0.3, 0.4) is 0 Å². The van der Waals surface area contributed by atoms with E-state index in [9.17, 15) is 9.18 Å². The van der Waals surface area contributed by atoms with Gasteiger partial charge in [-0.05, 0) is 31.0 Å². The molecule has 25 heavy (non-hydrogen) atoms. The Morgan fingerprint density at radius 1 is 1.20 bits per heavy atom. The average Bonchev–Trinajstić information content (AvgIpc) is 3.08. The first-order chi connectivity index (χ1) is 12.1. The smallest absolute Gasteiger partial charge is 0.224 e. The summed E-state index contributed by atoms with van der Waals surface area (Å²) in [6.45, 7) is 1.68. The van der Waals surface area contributed by atoms with Crippen LogP contribution in [0.5, 0.6) is 0 Å². The number of benzene rings is 2. The number of nitrogens with zero attached hydrogens (tertiary/aromatic N) is 1. The predicted molar refractivity (Wildman–Crippen MR) is 94.6 cm³/mol. The number of oxazole rings is 1. The highest BCUT2D eigenvalue weighted by Crippen LogP contribution is 2.20. The Labute approximate surface area is 145 Å². The first kappa shape index (κ1) is 16.9. The zero-order valence-corrected chi connectivity index (χ0v) is 14.0. The van der Waals surface area contributed by atoms with Crippen LogP contribution >= 0.6 is 0 Å². The number of nitrogens with one attached hydrogen (secondary N) is 1. The van der Waals surface area contributed by atoms with Gasteiger partial charge in [-0.25, -0.2) is 9.37 Å². The molecule has 0 spiro atoms. The summed E-state index contributed by atoms with van der Waals surface area (Å²) in [6.07, 6.45) is 3.19. The molecule has 5 heteroatoms. The number of hydrogen-bond acceptors (Lipinski definition) is 3. The summed E-state index contributed by atoms with van der Waals surface area (Å²) in [6, 6.07) is 14.4. The number of aromatic nitrogens is 1. The Hall–Kier alpha value is -2.95. The maximum absolute atomic E-state index is 13.5. The van der Waals surface area contributed by atoms with Crippen LogP contribution in [-0.2, 0) is 11.2 Å². The summed E-state index contributed by atoms with van der Waals surface area (Å²) in [5.41, 5.74) is 1.99. The van der Waals surface area contributed by atoms with Gasteiger partial charge in [-0.15, -0.1) is 0 Å². The number of halogens is 1. The lowest BCUT2D eigenvalue weighted by Gasteiger charge is -2.06. The lowest BCUT2D eigenvalue weighted by atomic mass is 10.2. The third-order valence-electron chi connectivity index (χ3n) is 3.86. The summed E-state index contributed by atoms with van der Waals surface area (Å²) >= 11 is 0.